The summed E-state index contributed by atoms with van der Waals surface area (Å²) in [4.78, 5) is 26.3. The van der Waals surface area contributed by atoms with Crippen LogP contribution in [0.3, 0.4) is 0 Å². The minimum Gasteiger partial charge on any atom is -0.462 e. The lowest BCUT2D eigenvalue weighted by Gasteiger charge is -2.24. The van der Waals surface area contributed by atoms with Crippen LogP contribution < -0.4 is 5.32 Å². The predicted octanol–water partition coefficient (Wildman–Crippen LogP) is 18.4. The van der Waals surface area contributed by atoms with Gasteiger partial charge in [0, 0.05) is 6.42 Å². The molecule has 0 rings (SSSR count). The van der Waals surface area contributed by atoms with E-state index in [0.29, 0.717) is 25.7 Å². The normalized spacial score (nSPS) is 13.5. The summed E-state index contributed by atoms with van der Waals surface area (Å²) in [6.07, 6.45) is 70.0. The average molecular weight is 953 g/mol. The van der Waals surface area contributed by atoms with Gasteiger partial charge in [0.2, 0.25) is 5.91 Å². The molecule has 0 fully saturated rings. The number of esters is 1. The molecule has 0 aromatic carbocycles. The number of allylic oxidation sites excluding steroid dienone is 10. The van der Waals surface area contributed by atoms with Crippen LogP contribution in [0.25, 0.3) is 0 Å². The Bertz CT molecular complexity index is 1210. The zero-order chi connectivity index (χ0) is 49.5. The van der Waals surface area contributed by atoms with Gasteiger partial charge >= 0.3 is 5.97 Å². The topological polar surface area (TPSA) is 95.9 Å². The molecule has 0 heterocycles. The molecule has 0 aliphatic rings. The zero-order valence-electron chi connectivity index (χ0n) is 45.2. The first-order valence-corrected chi connectivity index (χ1v) is 29.5. The highest BCUT2D eigenvalue weighted by atomic mass is 16.5. The van der Waals surface area contributed by atoms with Gasteiger partial charge in [-0.25, -0.2) is 0 Å². The van der Waals surface area contributed by atoms with E-state index in [4.69, 9.17) is 4.74 Å². The lowest BCUT2D eigenvalue weighted by atomic mass is 10.0. The summed E-state index contributed by atoms with van der Waals surface area (Å²) < 4.78 is 5.93. The average Bonchev–Trinajstić information content (AvgIpc) is 3.33. The van der Waals surface area contributed by atoms with E-state index in [1.807, 2.05) is 0 Å². The van der Waals surface area contributed by atoms with E-state index in [0.717, 1.165) is 70.6 Å². The lowest BCUT2D eigenvalue weighted by molar-refractivity contribution is -0.151. The molecular formula is C62H113NO5. The smallest absolute Gasteiger partial charge is 0.306 e. The standard InChI is InChI=1S/C62H113NO5/c1-4-7-10-13-16-19-22-25-28-30-33-36-39-42-45-48-51-54-60(65)59(57-64)63-61(66)56-58(53-50-47-44-41-38-35-32-27-24-21-18-15-12-9-6-3)68-62(67)55-52-49-46-43-40-37-34-31-29-26-23-20-17-14-11-8-5-2/h17,20,26-27,29,32,34,37,43,46,58-60,64-65H,4-16,18-19,21-25,28,30-31,33,35-36,38-42,44-45,47-57H2,1-3H3,(H,63,66)/b20-17-,29-26-,32-27+,37-34-,46-43-. The highest BCUT2D eigenvalue weighted by molar-refractivity contribution is 5.77. The molecule has 0 spiro atoms. The molecular weight excluding hydrogens is 839 g/mol. The number of aliphatic hydroxyl groups is 2. The first-order chi connectivity index (χ1) is 33.5. The summed E-state index contributed by atoms with van der Waals surface area (Å²) in [5.41, 5.74) is 0. The SMILES string of the molecule is CCCCC/C=C\C/C=C\C/C=C\C/C=C\CCCC(=O)OC(CCCCCCC/C=C/CCCCCCCC)CC(=O)NC(CO)C(O)CCCCCCCCCCCCCCCCCCC. The maximum absolute atomic E-state index is 13.3. The van der Waals surface area contributed by atoms with E-state index < -0.39 is 18.2 Å². The third-order valence-corrected chi connectivity index (χ3v) is 13.3. The molecule has 6 heteroatoms. The number of nitrogens with one attached hydrogen (secondary N) is 1. The molecule has 0 aromatic rings. The monoisotopic (exact) mass is 952 g/mol. The number of hydrogen-bond acceptors (Lipinski definition) is 5. The van der Waals surface area contributed by atoms with Gasteiger partial charge < -0.3 is 20.3 Å². The van der Waals surface area contributed by atoms with Gasteiger partial charge in [0.1, 0.15) is 6.10 Å². The first-order valence-electron chi connectivity index (χ1n) is 29.5. The van der Waals surface area contributed by atoms with Gasteiger partial charge in [0.15, 0.2) is 0 Å². The molecule has 396 valence electrons. The number of hydrogen-bond donors (Lipinski definition) is 3. The maximum atomic E-state index is 13.3. The number of rotatable bonds is 53. The van der Waals surface area contributed by atoms with Crippen molar-refractivity contribution in [1.82, 2.24) is 5.32 Å². The third-order valence-electron chi connectivity index (χ3n) is 13.3. The van der Waals surface area contributed by atoms with E-state index in [-0.39, 0.29) is 24.9 Å². The van der Waals surface area contributed by atoms with Gasteiger partial charge in [-0.3, -0.25) is 9.59 Å². The van der Waals surface area contributed by atoms with Gasteiger partial charge in [-0.1, -0.05) is 255 Å². The van der Waals surface area contributed by atoms with E-state index >= 15 is 0 Å². The summed E-state index contributed by atoms with van der Waals surface area (Å²) in [5.74, 6) is -0.541. The number of carbonyl (C=O) groups is 2. The van der Waals surface area contributed by atoms with E-state index in [1.165, 1.54) is 173 Å². The summed E-state index contributed by atoms with van der Waals surface area (Å²) in [6.45, 7) is 6.47. The minimum absolute atomic E-state index is 0.0503. The van der Waals surface area contributed by atoms with Crippen LogP contribution in [0.2, 0.25) is 0 Å². The Hall–Kier alpha value is -2.44. The van der Waals surface area contributed by atoms with Crippen LogP contribution in [-0.2, 0) is 14.3 Å². The molecule has 0 saturated heterocycles. The van der Waals surface area contributed by atoms with Crippen LogP contribution in [0, 0.1) is 0 Å². The molecule has 3 atom stereocenters. The Morgan fingerprint density at radius 3 is 1.18 bits per heavy atom. The molecule has 0 bridgehead atoms. The summed E-state index contributed by atoms with van der Waals surface area (Å²) in [5, 5.41) is 23.9. The van der Waals surface area contributed by atoms with Gasteiger partial charge in [-0.05, 0) is 89.9 Å². The van der Waals surface area contributed by atoms with Crippen LogP contribution in [0.4, 0.5) is 0 Å². The van der Waals surface area contributed by atoms with Crippen LogP contribution in [0.1, 0.15) is 297 Å². The van der Waals surface area contributed by atoms with Crippen molar-refractivity contribution in [1.29, 1.82) is 0 Å². The molecule has 68 heavy (non-hydrogen) atoms. The van der Waals surface area contributed by atoms with Crippen molar-refractivity contribution in [2.45, 2.75) is 315 Å². The van der Waals surface area contributed by atoms with Crippen molar-refractivity contribution in [3.63, 3.8) is 0 Å². The number of unbranched alkanes of at least 4 members (excludes halogenated alkanes) is 31. The van der Waals surface area contributed by atoms with E-state index in [9.17, 15) is 19.8 Å². The molecule has 3 N–H and O–H groups in total. The van der Waals surface area contributed by atoms with Crippen molar-refractivity contribution < 1.29 is 24.5 Å². The molecule has 0 radical (unpaired) electrons. The maximum Gasteiger partial charge on any atom is 0.306 e. The number of carbonyl (C=O) groups excluding carboxylic acids is 2. The molecule has 6 nitrogen and oxygen atoms in total. The molecule has 0 aliphatic heterocycles. The first kappa shape index (κ1) is 65.6. The van der Waals surface area contributed by atoms with Crippen molar-refractivity contribution in [2.24, 2.45) is 0 Å². The van der Waals surface area contributed by atoms with Gasteiger partial charge in [0.05, 0.1) is 25.2 Å². The fraction of sp³-hybridized carbons (Fsp3) is 0.806. The predicted molar refractivity (Wildman–Crippen MR) is 296 cm³/mol. The highest BCUT2D eigenvalue weighted by Crippen LogP contribution is 2.18. The molecule has 0 aromatic heterocycles. The third kappa shape index (κ3) is 50.0. The van der Waals surface area contributed by atoms with Gasteiger partial charge in [0.25, 0.3) is 0 Å². The Balaban J connectivity index is 4.62. The van der Waals surface area contributed by atoms with Crippen molar-refractivity contribution in [2.75, 3.05) is 6.61 Å². The number of ether oxygens (including phenoxy) is 1. The second-order valence-corrected chi connectivity index (χ2v) is 20.0. The minimum atomic E-state index is -0.801. The Labute approximate surface area is 422 Å². The largest absolute Gasteiger partial charge is 0.462 e. The molecule has 0 saturated carbocycles. The van der Waals surface area contributed by atoms with Crippen LogP contribution in [0.15, 0.2) is 60.8 Å². The van der Waals surface area contributed by atoms with Crippen LogP contribution >= 0.6 is 0 Å². The van der Waals surface area contributed by atoms with E-state index in [2.05, 4.69) is 86.8 Å². The molecule has 0 aliphatic carbocycles. The summed E-state index contributed by atoms with van der Waals surface area (Å²) >= 11 is 0. The fourth-order valence-corrected chi connectivity index (χ4v) is 8.83. The van der Waals surface area contributed by atoms with Crippen molar-refractivity contribution in [3.05, 3.63) is 60.8 Å². The highest BCUT2D eigenvalue weighted by Gasteiger charge is 2.24. The second-order valence-electron chi connectivity index (χ2n) is 20.0. The van der Waals surface area contributed by atoms with E-state index in [1.54, 1.807) is 0 Å². The second kappa shape index (κ2) is 55.5. The summed E-state index contributed by atoms with van der Waals surface area (Å²) in [6, 6.07) is -0.717. The van der Waals surface area contributed by atoms with Crippen molar-refractivity contribution >= 4 is 11.9 Å². The zero-order valence-corrected chi connectivity index (χ0v) is 45.2. The Morgan fingerprint density at radius 1 is 0.426 bits per heavy atom. The lowest BCUT2D eigenvalue weighted by Crippen LogP contribution is -2.46. The van der Waals surface area contributed by atoms with Crippen molar-refractivity contribution in [3.8, 4) is 0 Å². The quantitative estimate of drug-likeness (QED) is 0.0321. The summed E-state index contributed by atoms with van der Waals surface area (Å²) in [7, 11) is 0. The fourth-order valence-electron chi connectivity index (χ4n) is 8.83. The van der Waals surface area contributed by atoms with Gasteiger partial charge in [-0.2, -0.15) is 0 Å². The Morgan fingerprint density at radius 2 is 0.750 bits per heavy atom. The molecule has 3 unspecified atom stereocenters. The van der Waals surface area contributed by atoms with Crippen LogP contribution in [-0.4, -0.2) is 46.9 Å². The Kier molecular flexibility index (Phi) is 53.5. The van der Waals surface area contributed by atoms with Crippen LogP contribution in [0.5, 0.6) is 0 Å². The number of amides is 1. The molecule has 1 amide bonds. The van der Waals surface area contributed by atoms with Gasteiger partial charge in [-0.15, -0.1) is 0 Å². The number of aliphatic hydroxyl groups excluding tert-OH is 2.